The Morgan fingerprint density at radius 3 is 2.76 bits per heavy atom. The van der Waals surface area contributed by atoms with Crippen molar-refractivity contribution < 1.29 is 14.3 Å². The van der Waals surface area contributed by atoms with E-state index in [9.17, 15) is 9.59 Å². The van der Waals surface area contributed by atoms with E-state index in [0.717, 1.165) is 30.8 Å². The first-order valence-corrected chi connectivity index (χ1v) is 9.94. The summed E-state index contributed by atoms with van der Waals surface area (Å²) in [6, 6.07) is 7.51. The lowest BCUT2D eigenvalue weighted by Crippen LogP contribution is -2.57. The van der Waals surface area contributed by atoms with Gasteiger partial charge in [0.2, 0.25) is 5.91 Å². The van der Waals surface area contributed by atoms with Crippen LogP contribution in [0.3, 0.4) is 0 Å². The number of piperidine rings is 1. The fraction of sp³-hybridized carbons (Fsp3) is 0.500. The van der Waals surface area contributed by atoms with Crippen LogP contribution >= 0.6 is 0 Å². The van der Waals surface area contributed by atoms with E-state index in [1.54, 1.807) is 16.7 Å². The van der Waals surface area contributed by atoms with Gasteiger partial charge in [-0.1, -0.05) is 5.21 Å². The Hall–Kier alpha value is -2.94. The predicted molar refractivity (Wildman–Crippen MR) is 106 cm³/mol. The van der Waals surface area contributed by atoms with E-state index in [2.05, 4.69) is 15.6 Å². The third-order valence-electron chi connectivity index (χ3n) is 5.66. The predicted octanol–water partition coefficient (Wildman–Crippen LogP) is 0.621. The summed E-state index contributed by atoms with van der Waals surface area (Å²) in [5.74, 6) is 0.733. The lowest BCUT2D eigenvalue weighted by Gasteiger charge is -2.40. The van der Waals surface area contributed by atoms with Gasteiger partial charge in [-0.25, -0.2) is 4.68 Å². The summed E-state index contributed by atoms with van der Waals surface area (Å²) in [5.41, 5.74) is 1.87. The van der Waals surface area contributed by atoms with Gasteiger partial charge >= 0.3 is 0 Å². The molecule has 0 saturated carbocycles. The highest BCUT2D eigenvalue weighted by Gasteiger charge is 2.33. The number of hydrogen-bond donors (Lipinski definition) is 1. The Morgan fingerprint density at radius 2 is 2.03 bits per heavy atom. The van der Waals surface area contributed by atoms with Crippen molar-refractivity contribution in [3.8, 4) is 11.4 Å². The van der Waals surface area contributed by atoms with E-state index in [1.807, 2.05) is 36.1 Å². The van der Waals surface area contributed by atoms with E-state index in [-0.39, 0.29) is 17.9 Å². The maximum Gasteiger partial charge on any atom is 0.276 e. The Bertz CT molecular complexity index is 894. The maximum absolute atomic E-state index is 13.1. The molecule has 0 spiro atoms. The minimum Gasteiger partial charge on any atom is -0.497 e. The van der Waals surface area contributed by atoms with Crippen molar-refractivity contribution in [3.05, 3.63) is 35.7 Å². The van der Waals surface area contributed by atoms with Crippen LogP contribution in [-0.2, 0) is 4.79 Å². The second-order valence-electron chi connectivity index (χ2n) is 7.44. The van der Waals surface area contributed by atoms with Crippen molar-refractivity contribution >= 4 is 11.8 Å². The van der Waals surface area contributed by atoms with Crippen LogP contribution in [0.1, 0.15) is 29.0 Å². The first kappa shape index (κ1) is 19.4. The van der Waals surface area contributed by atoms with E-state index in [4.69, 9.17) is 4.74 Å². The lowest BCUT2D eigenvalue weighted by molar-refractivity contribution is -0.135. The first-order valence-electron chi connectivity index (χ1n) is 9.94. The van der Waals surface area contributed by atoms with E-state index in [0.29, 0.717) is 37.6 Å². The highest BCUT2D eigenvalue weighted by atomic mass is 16.5. The van der Waals surface area contributed by atoms with Crippen molar-refractivity contribution in [2.45, 2.75) is 25.8 Å². The zero-order valence-corrected chi connectivity index (χ0v) is 16.8. The number of ether oxygens (including phenoxy) is 1. The molecule has 2 aromatic rings. The van der Waals surface area contributed by atoms with Crippen LogP contribution in [0.4, 0.5) is 0 Å². The molecule has 1 atom stereocenters. The molecule has 9 heteroatoms. The quantitative estimate of drug-likeness (QED) is 0.812. The van der Waals surface area contributed by atoms with Crippen LogP contribution in [-0.4, -0.2) is 82.5 Å². The molecular formula is C20H26N6O3. The number of aromatic nitrogens is 3. The molecule has 2 aliphatic heterocycles. The molecular weight excluding hydrogens is 372 g/mol. The van der Waals surface area contributed by atoms with Gasteiger partial charge in [0.05, 0.1) is 25.0 Å². The summed E-state index contributed by atoms with van der Waals surface area (Å²) < 4.78 is 6.85. The minimum atomic E-state index is -0.130. The molecule has 1 aromatic carbocycles. The van der Waals surface area contributed by atoms with Crippen LogP contribution < -0.4 is 10.1 Å². The highest BCUT2D eigenvalue weighted by molar-refractivity contribution is 5.93. The second kappa shape index (κ2) is 8.20. The van der Waals surface area contributed by atoms with Crippen LogP contribution in [0.2, 0.25) is 0 Å². The number of amides is 2. The zero-order chi connectivity index (χ0) is 20.4. The molecule has 1 aromatic heterocycles. The normalized spacial score (nSPS) is 20.1. The minimum absolute atomic E-state index is 0.0687. The molecule has 29 heavy (non-hydrogen) atoms. The number of rotatable bonds is 4. The molecule has 2 saturated heterocycles. The fourth-order valence-corrected chi connectivity index (χ4v) is 4.05. The largest absolute Gasteiger partial charge is 0.497 e. The molecule has 9 nitrogen and oxygen atoms in total. The molecule has 2 fully saturated rings. The third kappa shape index (κ3) is 3.82. The summed E-state index contributed by atoms with van der Waals surface area (Å²) in [5, 5.41) is 11.4. The van der Waals surface area contributed by atoms with Crippen LogP contribution in [0, 0.1) is 6.92 Å². The van der Waals surface area contributed by atoms with Gasteiger partial charge in [0, 0.05) is 32.2 Å². The lowest BCUT2D eigenvalue weighted by atomic mass is 10.0. The van der Waals surface area contributed by atoms with Gasteiger partial charge in [-0.2, -0.15) is 0 Å². The number of nitrogens with one attached hydrogen (secondary N) is 1. The average molecular weight is 398 g/mol. The third-order valence-corrected chi connectivity index (χ3v) is 5.66. The molecule has 0 radical (unpaired) electrons. The number of nitrogens with zero attached hydrogens (tertiary/aromatic N) is 5. The van der Waals surface area contributed by atoms with Gasteiger partial charge in [0.1, 0.15) is 5.75 Å². The van der Waals surface area contributed by atoms with Crippen molar-refractivity contribution in [2.75, 3.05) is 39.8 Å². The standard InChI is InChI=1S/C20H26N6O3/c1-14-19(22-23-26(14)15-5-7-17(29-2)8-6-15)20(28)24-10-3-4-16(13-24)25-11-9-21-12-18(25)27/h5-8,16,21H,3-4,9-13H2,1-2H3. The maximum atomic E-state index is 13.1. The number of carbonyl (C=O) groups is 2. The summed E-state index contributed by atoms with van der Waals surface area (Å²) in [6.07, 6.45) is 1.80. The van der Waals surface area contributed by atoms with Crippen LogP contribution in [0.25, 0.3) is 5.69 Å². The zero-order valence-electron chi connectivity index (χ0n) is 16.8. The van der Waals surface area contributed by atoms with E-state index in [1.165, 1.54) is 0 Å². The number of likely N-dealkylation sites (tertiary alicyclic amines) is 1. The van der Waals surface area contributed by atoms with Crippen molar-refractivity contribution in [1.29, 1.82) is 0 Å². The average Bonchev–Trinajstić information content (AvgIpc) is 3.15. The summed E-state index contributed by atoms with van der Waals surface area (Å²) in [7, 11) is 1.62. The fourth-order valence-electron chi connectivity index (χ4n) is 4.05. The van der Waals surface area contributed by atoms with Gasteiger partial charge in [-0.15, -0.1) is 5.10 Å². The monoisotopic (exact) mass is 398 g/mol. The van der Waals surface area contributed by atoms with Gasteiger partial charge < -0.3 is 19.9 Å². The van der Waals surface area contributed by atoms with Gasteiger partial charge in [-0.3, -0.25) is 9.59 Å². The number of methoxy groups -OCH3 is 1. The van der Waals surface area contributed by atoms with Crippen molar-refractivity contribution in [1.82, 2.24) is 30.1 Å². The van der Waals surface area contributed by atoms with Gasteiger partial charge in [-0.05, 0) is 44.0 Å². The molecule has 2 aliphatic rings. The number of hydrogen-bond acceptors (Lipinski definition) is 6. The summed E-state index contributed by atoms with van der Waals surface area (Å²) in [4.78, 5) is 29.1. The van der Waals surface area contributed by atoms with E-state index < -0.39 is 0 Å². The molecule has 154 valence electrons. The Morgan fingerprint density at radius 1 is 1.24 bits per heavy atom. The van der Waals surface area contributed by atoms with Crippen LogP contribution in [0.5, 0.6) is 5.75 Å². The number of piperazine rings is 1. The van der Waals surface area contributed by atoms with E-state index >= 15 is 0 Å². The smallest absolute Gasteiger partial charge is 0.276 e. The second-order valence-corrected chi connectivity index (χ2v) is 7.44. The summed E-state index contributed by atoms with van der Waals surface area (Å²) in [6.45, 7) is 4.92. The Labute approximate surface area is 169 Å². The number of benzene rings is 1. The summed E-state index contributed by atoms with van der Waals surface area (Å²) >= 11 is 0. The Balaban J connectivity index is 1.50. The van der Waals surface area contributed by atoms with Crippen molar-refractivity contribution in [3.63, 3.8) is 0 Å². The molecule has 0 bridgehead atoms. The van der Waals surface area contributed by atoms with Crippen molar-refractivity contribution in [2.24, 2.45) is 0 Å². The molecule has 3 heterocycles. The molecule has 1 N–H and O–H groups in total. The highest BCUT2D eigenvalue weighted by Crippen LogP contribution is 2.21. The first-order chi connectivity index (χ1) is 14.1. The molecule has 4 rings (SSSR count). The molecule has 1 unspecified atom stereocenters. The topological polar surface area (TPSA) is 92.6 Å². The Kier molecular flexibility index (Phi) is 5.48. The number of carbonyl (C=O) groups excluding carboxylic acids is 2. The molecule has 0 aliphatic carbocycles. The van der Waals surface area contributed by atoms with Gasteiger partial charge in [0.15, 0.2) is 5.69 Å². The van der Waals surface area contributed by atoms with Gasteiger partial charge in [0.25, 0.3) is 5.91 Å². The molecule has 2 amide bonds. The SMILES string of the molecule is COc1ccc(-n2nnc(C(=O)N3CCCC(N4CCNCC4=O)C3)c2C)cc1. The van der Waals surface area contributed by atoms with Crippen LogP contribution in [0.15, 0.2) is 24.3 Å².